The predicted molar refractivity (Wildman–Crippen MR) is 91.4 cm³/mol. The minimum atomic E-state index is -0.478. The van der Waals surface area contributed by atoms with E-state index in [0.717, 1.165) is 12.8 Å². The smallest absolute Gasteiger partial charge is 0.256 e. The van der Waals surface area contributed by atoms with Crippen LogP contribution in [-0.2, 0) is 6.54 Å². The van der Waals surface area contributed by atoms with Gasteiger partial charge in [0.1, 0.15) is 5.75 Å². The van der Waals surface area contributed by atoms with E-state index in [9.17, 15) is 9.18 Å². The molecule has 0 saturated heterocycles. The summed E-state index contributed by atoms with van der Waals surface area (Å²) in [6, 6.07) is 6.13. The van der Waals surface area contributed by atoms with Crippen molar-refractivity contribution in [2.45, 2.75) is 24.9 Å². The van der Waals surface area contributed by atoms with E-state index in [0.29, 0.717) is 22.8 Å². The molecule has 132 valence electrons. The first-order valence-corrected chi connectivity index (χ1v) is 8.37. The van der Waals surface area contributed by atoms with Crippen molar-refractivity contribution in [2.75, 3.05) is 7.11 Å². The Morgan fingerprint density at radius 1 is 1.40 bits per heavy atom. The largest absolute Gasteiger partial charge is 0.494 e. The number of nitrogens with one attached hydrogen (secondary N) is 1. The van der Waals surface area contributed by atoms with Crippen molar-refractivity contribution in [3.63, 3.8) is 0 Å². The van der Waals surface area contributed by atoms with Crippen molar-refractivity contribution >= 4 is 17.5 Å². The van der Waals surface area contributed by atoms with Crippen molar-refractivity contribution in [3.05, 3.63) is 53.6 Å². The number of ether oxygens (including phenoxy) is 2. The summed E-state index contributed by atoms with van der Waals surface area (Å²) in [4.78, 5) is 16.4. The number of methoxy groups -OCH3 is 1. The molecule has 1 saturated carbocycles. The van der Waals surface area contributed by atoms with Gasteiger partial charge in [0.15, 0.2) is 17.1 Å². The molecule has 2 aromatic rings. The van der Waals surface area contributed by atoms with Crippen LogP contribution in [0.15, 0.2) is 36.7 Å². The molecule has 5 nitrogen and oxygen atoms in total. The Morgan fingerprint density at radius 2 is 2.20 bits per heavy atom. The fourth-order valence-corrected chi connectivity index (χ4v) is 2.68. The number of pyridine rings is 1. The average Bonchev–Trinajstić information content (AvgIpc) is 3.45. The highest BCUT2D eigenvalue weighted by Crippen LogP contribution is 2.37. The minimum absolute atomic E-state index is 0.159. The van der Waals surface area contributed by atoms with Crippen LogP contribution in [0, 0.1) is 11.7 Å². The van der Waals surface area contributed by atoms with Gasteiger partial charge in [-0.15, -0.1) is 0 Å². The van der Waals surface area contributed by atoms with E-state index >= 15 is 0 Å². The second-order valence-corrected chi connectivity index (χ2v) is 6.26. The Labute approximate surface area is 150 Å². The molecule has 3 rings (SSSR count). The van der Waals surface area contributed by atoms with Gasteiger partial charge in [0.05, 0.1) is 12.7 Å². The lowest BCUT2D eigenvalue weighted by Crippen LogP contribution is -2.24. The number of alkyl halides is 1. The molecule has 0 bridgehead atoms. The number of hydrogen-bond acceptors (Lipinski definition) is 4. The lowest BCUT2D eigenvalue weighted by molar-refractivity contribution is 0.0945. The minimum Gasteiger partial charge on any atom is -0.494 e. The lowest BCUT2D eigenvalue weighted by Gasteiger charge is -2.15. The second-order valence-electron chi connectivity index (χ2n) is 5.83. The summed E-state index contributed by atoms with van der Waals surface area (Å²) in [6.45, 7) is 0.168. The van der Waals surface area contributed by atoms with Crippen LogP contribution in [0.3, 0.4) is 0 Å². The quantitative estimate of drug-likeness (QED) is 0.764. The molecule has 1 aliphatic carbocycles. The first kappa shape index (κ1) is 17.5. The van der Waals surface area contributed by atoms with Gasteiger partial charge in [-0.25, -0.2) is 4.39 Å². The van der Waals surface area contributed by atoms with Crippen LogP contribution in [0.5, 0.6) is 11.5 Å². The highest BCUT2D eigenvalue weighted by molar-refractivity contribution is 6.20. The molecule has 7 heteroatoms. The van der Waals surface area contributed by atoms with Gasteiger partial charge < -0.3 is 14.8 Å². The van der Waals surface area contributed by atoms with Gasteiger partial charge in [-0.3, -0.25) is 9.78 Å². The molecule has 0 aliphatic heterocycles. The number of carbonyl (C=O) groups is 1. The van der Waals surface area contributed by atoms with Crippen LogP contribution in [0.2, 0.25) is 0 Å². The Bertz CT molecular complexity index is 768. The molecule has 1 fully saturated rings. The molecule has 1 aromatic carbocycles. The SMILES string of the molecule is COc1ccc(CNC(=O)c2cnccc2O[C@H](Cl)C2CC2)cc1F. The molecular weight excluding hydrogens is 347 g/mol. The van der Waals surface area contributed by atoms with Gasteiger partial charge in [-0.05, 0) is 36.6 Å². The number of benzene rings is 1. The third kappa shape index (κ3) is 4.39. The Balaban J connectivity index is 1.65. The van der Waals surface area contributed by atoms with Gasteiger partial charge in [0.2, 0.25) is 0 Å². The molecule has 1 aromatic heterocycles. The standard InChI is InChI=1S/C18H18ClFN2O3/c1-24-16-5-2-11(8-14(16)20)9-22-18(23)13-10-21-7-6-15(13)25-17(19)12-3-4-12/h2,5-8,10,12,17H,3-4,9H2,1H3,(H,22,23)/t17-/m0/s1. The summed E-state index contributed by atoms with van der Waals surface area (Å²) in [5, 5.41) is 2.73. The predicted octanol–water partition coefficient (Wildman–Crippen LogP) is 3.51. The number of nitrogens with zero attached hydrogens (tertiary/aromatic N) is 1. The van der Waals surface area contributed by atoms with Crippen LogP contribution in [0.1, 0.15) is 28.8 Å². The normalized spacial score (nSPS) is 14.7. The monoisotopic (exact) mass is 364 g/mol. The zero-order valence-electron chi connectivity index (χ0n) is 13.7. The van der Waals surface area contributed by atoms with Crippen LogP contribution in [0.25, 0.3) is 0 Å². The molecule has 1 heterocycles. The second kappa shape index (κ2) is 7.70. The van der Waals surface area contributed by atoms with Gasteiger partial charge in [-0.1, -0.05) is 17.7 Å². The Hall–Kier alpha value is -2.34. The van der Waals surface area contributed by atoms with E-state index in [1.165, 1.54) is 25.4 Å². The van der Waals surface area contributed by atoms with E-state index in [1.54, 1.807) is 18.3 Å². The number of amides is 1. The van der Waals surface area contributed by atoms with Crippen molar-refractivity contribution in [1.82, 2.24) is 10.3 Å². The summed E-state index contributed by atoms with van der Waals surface area (Å²) in [6.07, 6.45) is 5.03. The van der Waals surface area contributed by atoms with Crippen LogP contribution in [-0.4, -0.2) is 23.6 Å². The van der Waals surface area contributed by atoms with Crippen molar-refractivity contribution in [1.29, 1.82) is 0 Å². The van der Waals surface area contributed by atoms with Crippen molar-refractivity contribution in [3.8, 4) is 11.5 Å². The summed E-state index contributed by atoms with van der Waals surface area (Å²) < 4.78 is 24.3. The van der Waals surface area contributed by atoms with E-state index in [4.69, 9.17) is 21.1 Å². The molecule has 1 N–H and O–H groups in total. The summed E-state index contributed by atoms with van der Waals surface area (Å²) in [7, 11) is 1.40. The lowest BCUT2D eigenvalue weighted by atomic mass is 10.2. The third-order valence-corrected chi connectivity index (χ3v) is 4.37. The van der Waals surface area contributed by atoms with Crippen LogP contribution < -0.4 is 14.8 Å². The number of carbonyl (C=O) groups excluding carboxylic acids is 1. The maximum atomic E-state index is 13.7. The molecule has 0 spiro atoms. The van der Waals surface area contributed by atoms with E-state index in [-0.39, 0.29) is 18.2 Å². The van der Waals surface area contributed by atoms with Gasteiger partial charge in [-0.2, -0.15) is 0 Å². The fraction of sp³-hybridized carbons (Fsp3) is 0.333. The van der Waals surface area contributed by atoms with Crippen molar-refractivity contribution < 1.29 is 18.7 Å². The number of halogens is 2. The highest BCUT2D eigenvalue weighted by Gasteiger charge is 2.32. The van der Waals surface area contributed by atoms with Crippen LogP contribution >= 0.6 is 11.6 Å². The summed E-state index contributed by atoms with van der Waals surface area (Å²) in [5.41, 5.74) is 0.457. The maximum absolute atomic E-state index is 13.7. The first-order valence-electron chi connectivity index (χ1n) is 7.94. The third-order valence-electron chi connectivity index (χ3n) is 3.93. The van der Waals surface area contributed by atoms with Gasteiger partial charge >= 0.3 is 0 Å². The molecule has 0 unspecified atom stereocenters. The average molecular weight is 365 g/mol. The Kier molecular flexibility index (Phi) is 5.38. The maximum Gasteiger partial charge on any atom is 0.256 e. The Morgan fingerprint density at radius 3 is 2.88 bits per heavy atom. The van der Waals surface area contributed by atoms with Gasteiger partial charge in [0.25, 0.3) is 5.91 Å². The molecule has 1 atom stereocenters. The molecular formula is C18H18ClFN2O3. The van der Waals surface area contributed by atoms with E-state index in [1.807, 2.05) is 0 Å². The number of rotatable bonds is 7. The van der Waals surface area contributed by atoms with Gasteiger partial charge in [0, 0.05) is 24.9 Å². The molecule has 25 heavy (non-hydrogen) atoms. The topological polar surface area (TPSA) is 60.5 Å². The van der Waals surface area contributed by atoms with E-state index < -0.39 is 11.4 Å². The zero-order chi connectivity index (χ0) is 17.8. The zero-order valence-corrected chi connectivity index (χ0v) is 14.4. The van der Waals surface area contributed by atoms with Crippen LogP contribution in [0.4, 0.5) is 4.39 Å². The first-order chi connectivity index (χ1) is 12.1. The summed E-state index contributed by atoms with van der Waals surface area (Å²) in [5.74, 6) is 0.0348. The molecule has 1 aliphatic rings. The van der Waals surface area contributed by atoms with Crippen molar-refractivity contribution in [2.24, 2.45) is 5.92 Å². The fourth-order valence-electron chi connectivity index (χ4n) is 2.33. The molecule has 1 amide bonds. The molecule has 0 radical (unpaired) electrons. The number of hydrogen-bond donors (Lipinski definition) is 1. The number of aromatic nitrogens is 1. The summed E-state index contributed by atoms with van der Waals surface area (Å²) >= 11 is 6.18. The van der Waals surface area contributed by atoms with E-state index in [2.05, 4.69) is 10.3 Å². The highest BCUT2D eigenvalue weighted by atomic mass is 35.5.